The highest BCUT2D eigenvalue weighted by molar-refractivity contribution is 5.48. The number of anilines is 1. The van der Waals surface area contributed by atoms with E-state index >= 15 is 0 Å². The zero-order chi connectivity index (χ0) is 15.2. The van der Waals surface area contributed by atoms with Crippen LogP contribution in [0.25, 0.3) is 0 Å². The van der Waals surface area contributed by atoms with Gasteiger partial charge >= 0.3 is 5.69 Å². The number of para-hydroxylation sites is 2. The summed E-state index contributed by atoms with van der Waals surface area (Å²) >= 11 is 0. The molecule has 0 atom stereocenters. The monoisotopic (exact) mass is 288 g/mol. The van der Waals surface area contributed by atoms with Crippen molar-refractivity contribution < 1.29 is 9.66 Å². The molecule has 0 amide bonds. The van der Waals surface area contributed by atoms with Crippen molar-refractivity contribution in [2.45, 2.75) is 20.3 Å². The van der Waals surface area contributed by atoms with E-state index in [1.54, 1.807) is 25.1 Å². The number of nitro benzene ring substituents is 1. The van der Waals surface area contributed by atoms with Crippen molar-refractivity contribution in [1.82, 2.24) is 9.97 Å². The number of hydrogen-bond donors (Lipinski definition) is 1. The smallest absolute Gasteiger partial charge is 0.311 e. The predicted molar refractivity (Wildman–Crippen MR) is 78.7 cm³/mol. The summed E-state index contributed by atoms with van der Waals surface area (Å²) in [6.07, 6.45) is 0.962. The summed E-state index contributed by atoms with van der Waals surface area (Å²) in [4.78, 5) is 18.9. The molecule has 110 valence electrons. The van der Waals surface area contributed by atoms with Crippen LogP contribution in [0.15, 0.2) is 30.3 Å². The highest BCUT2D eigenvalue weighted by atomic mass is 16.6. The van der Waals surface area contributed by atoms with Crippen LogP contribution in [0.5, 0.6) is 11.6 Å². The van der Waals surface area contributed by atoms with Crippen molar-refractivity contribution in [3.63, 3.8) is 0 Å². The number of aryl methyl sites for hydroxylation is 1. The highest BCUT2D eigenvalue weighted by Gasteiger charge is 2.15. The van der Waals surface area contributed by atoms with Crippen LogP contribution in [-0.4, -0.2) is 21.4 Å². The van der Waals surface area contributed by atoms with Crippen LogP contribution >= 0.6 is 0 Å². The van der Waals surface area contributed by atoms with Gasteiger partial charge in [0.05, 0.1) is 4.92 Å². The maximum absolute atomic E-state index is 11.0. The van der Waals surface area contributed by atoms with Gasteiger partial charge in [0, 0.05) is 18.7 Å². The quantitative estimate of drug-likeness (QED) is 0.647. The zero-order valence-corrected chi connectivity index (χ0v) is 11.9. The minimum Gasteiger partial charge on any atom is -0.432 e. The Hall–Kier alpha value is -2.70. The first kappa shape index (κ1) is 14.7. The van der Waals surface area contributed by atoms with Crippen LogP contribution in [0, 0.1) is 17.0 Å². The van der Waals surface area contributed by atoms with Gasteiger partial charge in [0.25, 0.3) is 0 Å². The van der Waals surface area contributed by atoms with Crippen LogP contribution < -0.4 is 10.1 Å². The molecule has 1 heterocycles. The lowest BCUT2D eigenvalue weighted by Crippen LogP contribution is -2.04. The number of benzene rings is 1. The van der Waals surface area contributed by atoms with E-state index in [2.05, 4.69) is 15.3 Å². The van der Waals surface area contributed by atoms with E-state index in [1.807, 2.05) is 6.92 Å². The SMILES string of the molecule is CCCNc1cc(Oc2ccccc2[N+](=O)[O-])nc(C)n1. The lowest BCUT2D eigenvalue weighted by Gasteiger charge is -2.09. The first-order valence-electron chi connectivity index (χ1n) is 6.61. The van der Waals surface area contributed by atoms with Gasteiger partial charge in [-0.05, 0) is 19.4 Å². The molecular weight excluding hydrogens is 272 g/mol. The molecule has 0 radical (unpaired) electrons. The van der Waals surface area contributed by atoms with Gasteiger partial charge in [0.15, 0.2) is 0 Å². The van der Waals surface area contributed by atoms with Crippen molar-refractivity contribution in [2.75, 3.05) is 11.9 Å². The molecule has 21 heavy (non-hydrogen) atoms. The summed E-state index contributed by atoms with van der Waals surface area (Å²) in [6.45, 7) is 4.57. The van der Waals surface area contributed by atoms with Gasteiger partial charge in [-0.3, -0.25) is 10.1 Å². The largest absolute Gasteiger partial charge is 0.432 e. The molecule has 1 N–H and O–H groups in total. The molecule has 0 aliphatic rings. The molecule has 0 unspecified atom stereocenters. The number of rotatable bonds is 6. The molecule has 2 aromatic rings. The zero-order valence-electron chi connectivity index (χ0n) is 11.9. The molecule has 0 aliphatic heterocycles. The molecule has 7 nitrogen and oxygen atoms in total. The molecule has 7 heteroatoms. The maximum atomic E-state index is 11.0. The second kappa shape index (κ2) is 6.65. The molecule has 2 rings (SSSR count). The van der Waals surface area contributed by atoms with E-state index in [1.165, 1.54) is 12.1 Å². The molecule has 0 spiro atoms. The Morgan fingerprint density at radius 2 is 2.10 bits per heavy atom. The Balaban J connectivity index is 2.27. The lowest BCUT2D eigenvalue weighted by atomic mass is 10.3. The summed E-state index contributed by atoms with van der Waals surface area (Å²) < 4.78 is 5.54. The van der Waals surface area contributed by atoms with Gasteiger partial charge in [-0.15, -0.1) is 0 Å². The van der Waals surface area contributed by atoms with Gasteiger partial charge < -0.3 is 10.1 Å². The third-order valence-corrected chi connectivity index (χ3v) is 2.65. The maximum Gasteiger partial charge on any atom is 0.311 e. The van der Waals surface area contributed by atoms with Gasteiger partial charge in [-0.25, -0.2) is 4.98 Å². The Morgan fingerprint density at radius 3 is 2.81 bits per heavy atom. The first-order chi connectivity index (χ1) is 10.1. The normalized spacial score (nSPS) is 10.2. The fraction of sp³-hybridized carbons (Fsp3) is 0.286. The van der Waals surface area contributed by atoms with Crippen LogP contribution in [0.4, 0.5) is 11.5 Å². The third-order valence-electron chi connectivity index (χ3n) is 2.65. The lowest BCUT2D eigenvalue weighted by molar-refractivity contribution is -0.385. The average molecular weight is 288 g/mol. The van der Waals surface area contributed by atoms with E-state index in [-0.39, 0.29) is 17.3 Å². The fourth-order valence-electron chi connectivity index (χ4n) is 1.74. The van der Waals surface area contributed by atoms with Crippen LogP contribution in [-0.2, 0) is 0 Å². The summed E-state index contributed by atoms with van der Waals surface area (Å²) in [7, 11) is 0. The van der Waals surface area contributed by atoms with Crippen LogP contribution in [0.3, 0.4) is 0 Å². The van der Waals surface area contributed by atoms with Crippen molar-refractivity contribution >= 4 is 11.5 Å². The number of nitrogens with one attached hydrogen (secondary N) is 1. The second-order valence-electron chi connectivity index (χ2n) is 4.39. The summed E-state index contributed by atoms with van der Waals surface area (Å²) in [5.41, 5.74) is -0.100. The van der Waals surface area contributed by atoms with E-state index in [9.17, 15) is 10.1 Å². The molecule has 0 aliphatic carbocycles. The predicted octanol–water partition coefficient (Wildman–Crippen LogP) is 3.31. The van der Waals surface area contributed by atoms with E-state index in [0.29, 0.717) is 11.6 Å². The molecule has 0 fully saturated rings. The Labute approximate surface area is 122 Å². The molecule has 1 aromatic heterocycles. The number of aromatic nitrogens is 2. The van der Waals surface area contributed by atoms with E-state index in [4.69, 9.17) is 4.74 Å². The number of ether oxygens (including phenoxy) is 1. The molecule has 1 aromatic carbocycles. The van der Waals surface area contributed by atoms with Gasteiger partial charge in [0.2, 0.25) is 11.6 Å². The Morgan fingerprint density at radius 1 is 1.33 bits per heavy atom. The highest BCUT2D eigenvalue weighted by Crippen LogP contribution is 2.30. The van der Waals surface area contributed by atoms with E-state index < -0.39 is 4.92 Å². The number of hydrogen-bond acceptors (Lipinski definition) is 6. The van der Waals surface area contributed by atoms with Crippen molar-refractivity contribution in [3.05, 3.63) is 46.3 Å². The van der Waals surface area contributed by atoms with Crippen LogP contribution in [0.1, 0.15) is 19.2 Å². The second-order valence-corrected chi connectivity index (χ2v) is 4.39. The minimum atomic E-state index is -0.486. The summed E-state index contributed by atoms with van der Waals surface area (Å²) in [5.74, 6) is 1.60. The topological polar surface area (TPSA) is 90.2 Å². The van der Waals surface area contributed by atoms with Crippen molar-refractivity contribution in [3.8, 4) is 11.6 Å². The van der Waals surface area contributed by atoms with E-state index in [0.717, 1.165) is 13.0 Å². The summed E-state index contributed by atoms with van der Waals surface area (Å²) in [6, 6.07) is 7.81. The minimum absolute atomic E-state index is 0.100. The van der Waals surface area contributed by atoms with Crippen molar-refractivity contribution in [1.29, 1.82) is 0 Å². The van der Waals surface area contributed by atoms with Gasteiger partial charge in [-0.1, -0.05) is 19.1 Å². The number of nitro groups is 1. The fourth-order valence-corrected chi connectivity index (χ4v) is 1.74. The van der Waals surface area contributed by atoms with Gasteiger partial charge in [-0.2, -0.15) is 4.98 Å². The molecular formula is C14H16N4O3. The standard InChI is InChI=1S/C14H16N4O3/c1-3-8-15-13-9-14(17-10(2)16-13)21-12-7-5-4-6-11(12)18(19)20/h4-7,9H,3,8H2,1-2H3,(H,15,16,17). The first-order valence-corrected chi connectivity index (χ1v) is 6.61. The Kier molecular flexibility index (Phi) is 4.65. The number of nitrogens with zero attached hydrogens (tertiary/aromatic N) is 3. The van der Waals surface area contributed by atoms with Crippen molar-refractivity contribution in [2.24, 2.45) is 0 Å². The summed E-state index contributed by atoms with van der Waals surface area (Å²) in [5, 5.41) is 14.1. The average Bonchev–Trinajstić information content (AvgIpc) is 2.45. The molecule has 0 bridgehead atoms. The Bertz CT molecular complexity index is 646. The molecule has 0 saturated carbocycles. The van der Waals surface area contributed by atoms with Gasteiger partial charge in [0.1, 0.15) is 11.6 Å². The molecule has 0 saturated heterocycles. The van der Waals surface area contributed by atoms with Crippen LogP contribution in [0.2, 0.25) is 0 Å². The third kappa shape index (κ3) is 3.88.